The highest BCUT2D eigenvalue weighted by molar-refractivity contribution is 5.94. The number of hydrogen-bond acceptors (Lipinski definition) is 5. The monoisotopic (exact) mass is 301 g/mol. The number of methoxy groups -OCH3 is 2. The first-order valence-corrected chi connectivity index (χ1v) is 7.89. The van der Waals surface area contributed by atoms with Crippen molar-refractivity contribution in [3.8, 4) is 11.5 Å². The highest BCUT2D eigenvalue weighted by Gasteiger charge is 2.21. The van der Waals surface area contributed by atoms with E-state index in [1.807, 2.05) is 12.1 Å². The lowest BCUT2D eigenvalue weighted by Gasteiger charge is -2.32. The minimum Gasteiger partial charge on any atom is -0.493 e. The predicted molar refractivity (Wildman–Crippen MR) is 87.9 cm³/mol. The Morgan fingerprint density at radius 1 is 1.14 bits per heavy atom. The zero-order chi connectivity index (χ0) is 15.5. The smallest absolute Gasteiger partial charge is 0.161 e. The van der Waals surface area contributed by atoms with Gasteiger partial charge < -0.3 is 14.4 Å². The Balaban J connectivity index is 1.99. The maximum Gasteiger partial charge on any atom is 0.161 e. The molecule has 118 valence electrons. The summed E-state index contributed by atoms with van der Waals surface area (Å²) in [6.07, 6.45) is 5.49. The van der Waals surface area contributed by atoms with Gasteiger partial charge in [-0.1, -0.05) is 13.3 Å². The van der Waals surface area contributed by atoms with Crippen molar-refractivity contribution in [3.63, 3.8) is 0 Å². The topological polar surface area (TPSA) is 47.5 Å². The van der Waals surface area contributed by atoms with Crippen LogP contribution >= 0.6 is 0 Å². The normalized spacial score (nSPS) is 16.0. The van der Waals surface area contributed by atoms with Crippen LogP contribution in [-0.4, -0.2) is 37.5 Å². The van der Waals surface area contributed by atoms with Crippen molar-refractivity contribution in [2.75, 3.05) is 32.2 Å². The van der Waals surface area contributed by atoms with Crippen LogP contribution in [0.15, 0.2) is 18.3 Å². The largest absolute Gasteiger partial charge is 0.493 e. The summed E-state index contributed by atoms with van der Waals surface area (Å²) < 4.78 is 10.8. The SMILES string of the molecule is CCC1CCN(c2nncc3cc(OC)c(OC)cc23)CC1. The number of nitrogens with zero attached hydrogens (tertiary/aromatic N) is 3. The lowest BCUT2D eigenvalue weighted by molar-refractivity contribution is 0.356. The Labute approximate surface area is 131 Å². The first-order valence-electron chi connectivity index (χ1n) is 7.89. The van der Waals surface area contributed by atoms with Crippen molar-refractivity contribution in [3.05, 3.63) is 18.3 Å². The second-order valence-electron chi connectivity index (χ2n) is 5.80. The van der Waals surface area contributed by atoms with Crippen LogP contribution in [-0.2, 0) is 0 Å². The summed E-state index contributed by atoms with van der Waals surface area (Å²) in [6, 6.07) is 3.97. The molecule has 2 heterocycles. The molecule has 22 heavy (non-hydrogen) atoms. The number of rotatable bonds is 4. The first-order chi connectivity index (χ1) is 10.8. The molecule has 0 amide bonds. The first kappa shape index (κ1) is 14.9. The number of piperidine rings is 1. The average molecular weight is 301 g/mol. The highest BCUT2D eigenvalue weighted by atomic mass is 16.5. The molecular formula is C17H23N3O2. The quantitative estimate of drug-likeness (QED) is 0.867. The molecule has 1 aliphatic rings. The molecular weight excluding hydrogens is 278 g/mol. The van der Waals surface area contributed by atoms with Crippen molar-refractivity contribution in [2.45, 2.75) is 26.2 Å². The molecule has 3 rings (SSSR count). The van der Waals surface area contributed by atoms with Gasteiger partial charge in [-0.15, -0.1) is 5.10 Å². The van der Waals surface area contributed by atoms with Gasteiger partial charge in [0.2, 0.25) is 0 Å². The Hall–Kier alpha value is -2.04. The fourth-order valence-corrected chi connectivity index (χ4v) is 3.18. The molecule has 0 unspecified atom stereocenters. The highest BCUT2D eigenvalue weighted by Crippen LogP contribution is 2.36. The Morgan fingerprint density at radius 3 is 2.45 bits per heavy atom. The second-order valence-corrected chi connectivity index (χ2v) is 5.80. The summed E-state index contributed by atoms with van der Waals surface area (Å²) in [6.45, 7) is 4.36. The van der Waals surface area contributed by atoms with Gasteiger partial charge in [-0.2, -0.15) is 5.10 Å². The van der Waals surface area contributed by atoms with E-state index in [0.717, 1.165) is 47.1 Å². The van der Waals surface area contributed by atoms with E-state index >= 15 is 0 Å². The van der Waals surface area contributed by atoms with E-state index in [9.17, 15) is 0 Å². The molecule has 0 aliphatic carbocycles. The van der Waals surface area contributed by atoms with Crippen LogP contribution in [0.5, 0.6) is 11.5 Å². The van der Waals surface area contributed by atoms with Crippen LogP contribution < -0.4 is 14.4 Å². The Morgan fingerprint density at radius 2 is 1.82 bits per heavy atom. The van der Waals surface area contributed by atoms with Gasteiger partial charge in [0.25, 0.3) is 0 Å². The molecule has 1 fully saturated rings. The molecule has 5 heteroatoms. The Bertz CT molecular complexity index is 652. The molecule has 1 aliphatic heterocycles. The van der Waals surface area contributed by atoms with E-state index in [-0.39, 0.29) is 0 Å². The predicted octanol–water partition coefficient (Wildman–Crippen LogP) is 3.27. The van der Waals surface area contributed by atoms with Gasteiger partial charge in [-0.25, -0.2) is 0 Å². The third-order valence-corrected chi connectivity index (χ3v) is 4.64. The van der Waals surface area contributed by atoms with Gasteiger partial charge in [0.15, 0.2) is 17.3 Å². The van der Waals surface area contributed by atoms with Gasteiger partial charge in [-0.05, 0) is 30.9 Å². The van der Waals surface area contributed by atoms with E-state index in [1.165, 1.54) is 19.3 Å². The minimum absolute atomic E-state index is 0.721. The lowest BCUT2D eigenvalue weighted by Crippen LogP contribution is -2.34. The molecule has 0 spiro atoms. The van der Waals surface area contributed by atoms with E-state index < -0.39 is 0 Å². The van der Waals surface area contributed by atoms with Crippen LogP contribution in [0.25, 0.3) is 10.8 Å². The maximum atomic E-state index is 5.43. The van der Waals surface area contributed by atoms with Crippen molar-refractivity contribution < 1.29 is 9.47 Å². The molecule has 0 radical (unpaired) electrons. The summed E-state index contributed by atoms with van der Waals surface area (Å²) >= 11 is 0. The summed E-state index contributed by atoms with van der Waals surface area (Å²) in [5.41, 5.74) is 0. The molecule has 1 aromatic heterocycles. The van der Waals surface area contributed by atoms with Crippen LogP contribution in [0, 0.1) is 5.92 Å². The molecule has 5 nitrogen and oxygen atoms in total. The maximum absolute atomic E-state index is 5.43. The van der Waals surface area contributed by atoms with Gasteiger partial charge >= 0.3 is 0 Å². The summed E-state index contributed by atoms with van der Waals surface area (Å²) in [4.78, 5) is 2.34. The number of fused-ring (bicyclic) bond motifs is 1. The number of anilines is 1. The van der Waals surface area contributed by atoms with E-state index in [2.05, 4.69) is 22.0 Å². The van der Waals surface area contributed by atoms with Crippen molar-refractivity contribution in [1.29, 1.82) is 0 Å². The van der Waals surface area contributed by atoms with E-state index in [1.54, 1.807) is 20.4 Å². The van der Waals surface area contributed by atoms with E-state index in [4.69, 9.17) is 9.47 Å². The van der Waals surface area contributed by atoms with Crippen LogP contribution in [0.2, 0.25) is 0 Å². The molecule has 1 saturated heterocycles. The summed E-state index contributed by atoms with van der Waals surface area (Å²) in [5, 5.41) is 10.7. The van der Waals surface area contributed by atoms with Crippen LogP contribution in [0.1, 0.15) is 26.2 Å². The molecule has 1 aromatic carbocycles. The van der Waals surface area contributed by atoms with Gasteiger partial charge in [0, 0.05) is 23.9 Å². The zero-order valence-corrected chi connectivity index (χ0v) is 13.5. The van der Waals surface area contributed by atoms with Crippen molar-refractivity contribution in [2.24, 2.45) is 5.92 Å². The second kappa shape index (κ2) is 6.38. The Kier molecular flexibility index (Phi) is 4.32. The number of aromatic nitrogens is 2. The zero-order valence-electron chi connectivity index (χ0n) is 13.5. The molecule has 0 N–H and O–H groups in total. The molecule has 0 saturated carbocycles. The standard InChI is InChI=1S/C17H23N3O2/c1-4-12-5-7-20(8-6-12)17-14-10-16(22-3)15(21-2)9-13(14)11-18-19-17/h9-12H,4-8H2,1-3H3. The van der Waals surface area contributed by atoms with E-state index in [0.29, 0.717) is 0 Å². The third-order valence-electron chi connectivity index (χ3n) is 4.64. The average Bonchev–Trinajstić information content (AvgIpc) is 2.60. The van der Waals surface area contributed by atoms with Crippen LogP contribution in [0.4, 0.5) is 5.82 Å². The summed E-state index contributed by atoms with van der Waals surface area (Å²) in [5.74, 6) is 3.24. The van der Waals surface area contributed by atoms with Gasteiger partial charge in [0.1, 0.15) is 0 Å². The molecule has 0 atom stereocenters. The fourth-order valence-electron chi connectivity index (χ4n) is 3.18. The number of ether oxygens (including phenoxy) is 2. The lowest BCUT2D eigenvalue weighted by atomic mass is 9.94. The molecule has 2 aromatic rings. The number of hydrogen-bond donors (Lipinski definition) is 0. The van der Waals surface area contributed by atoms with Crippen LogP contribution in [0.3, 0.4) is 0 Å². The molecule has 0 bridgehead atoms. The summed E-state index contributed by atoms with van der Waals surface area (Å²) in [7, 11) is 3.31. The third kappa shape index (κ3) is 2.67. The fraction of sp³-hybridized carbons (Fsp3) is 0.529. The van der Waals surface area contributed by atoms with Crippen molar-refractivity contribution >= 4 is 16.6 Å². The van der Waals surface area contributed by atoms with Gasteiger partial charge in [-0.3, -0.25) is 0 Å². The van der Waals surface area contributed by atoms with Crippen molar-refractivity contribution in [1.82, 2.24) is 10.2 Å². The van der Waals surface area contributed by atoms with Gasteiger partial charge in [0.05, 0.1) is 20.4 Å². The minimum atomic E-state index is 0.721. The number of benzene rings is 1.